The molecule has 0 amide bonds. The van der Waals surface area contributed by atoms with Crippen LogP contribution in [0.4, 0.5) is 0 Å². The van der Waals surface area contributed by atoms with Gasteiger partial charge in [0.25, 0.3) is 0 Å². The number of aliphatic hydroxyl groups is 1. The smallest absolute Gasteiger partial charge is 0.187 e. The second-order valence-electron chi connectivity index (χ2n) is 4.82. The third-order valence-electron chi connectivity index (χ3n) is 3.48. The number of halogens is 2. The first-order valence-corrected chi connectivity index (χ1v) is 8.87. The van der Waals surface area contributed by atoms with Crippen LogP contribution < -0.4 is 0 Å². The van der Waals surface area contributed by atoms with Crippen molar-refractivity contribution in [3.05, 3.63) is 76.0 Å². The van der Waals surface area contributed by atoms with Gasteiger partial charge in [0.15, 0.2) is 10.8 Å². The van der Waals surface area contributed by atoms with E-state index in [0.29, 0.717) is 22.0 Å². The Morgan fingerprint density at radius 1 is 0.917 bits per heavy atom. The Hall–Kier alpha value is -1.73. The summed E-state index contributed by atoms with van der Waals surface area (Å²) in [7, 11) is 0. The van der Waals surface area contributed by atoms with Crippen molar-refractivity contribution >= 4 is 35.0 Å². The molecule has 0 aliphatic rings. The first-order chi connectivity index (χ1) is 11.6. The molecule has 8 heteroatoms. The van der Waals surface area contributed by atoms with Crippen molar-refractivity contribution in [3.8, 4) is 0 Å². The van der Waals surface area contributed by atoms with E-state index in [4.69, 9.17) is 23.2 Å². The predicted molar refractivity (Wildman–Crippen MR) is 94.4 cm³/mol. The van der Waals surface area contributed by atoms with Crippen LogP contribution in [0, 0.1) is 0 Å². The molecule has 122 valence electrons. The second kappa shape index (κ2) is 7.03. The number of aromatic nitrogens is 4. The van der Waals surface area contributed by atoms with Crippen LogP contribution in [-0.2, 0) is 5.60 Å². The molecule has 0 aliphatic carbocycles. The summed E-state index contributed by atoms with van der Waals surface area (Å²) in [6.45, 7) is 0. The molecule has 0 radical (unpaired) electrons. The van der Waals surface area contributed by atoms with Gasteiger partial charge in [0.05, 0.1) is 5.69 Å². The van der Waals surface area contributed by atoms with E-state index in [9.17, 15) is 5.11 Å². The summed E-state index contributed by atoms with van der Waals surface area (Å²) in [6, 6.07) is 8.35. The molecular weight excluding hydrogens is 367 g/mol. The molecule has 3 heterocycles. The normalized spacial score (nSPS) is 11.5. The summed E-state index contributed by atoms with van der Waals surface area (Å²) in [6.07, 6.45) is 6.52. The first-order valence-electron chi connectivity index (χ1n) is 6.89. The zero-order valence-electron chi connectivity index (χ0n) is 12.5. The summed E-state index contributed by atoms with van der Waals surface area (Å²) in [5.41, 5.74) is -0.629. The number of nitrogens with zero attached hydrogens (tertiary/aromatic N) is 4. The Balaban J connectivity index is 2.33. The van der Waals surface area contributed by atoms with Gasteiger partial charge in [-0.2, -0.15) is 0 Å². The van der Waals surface area contributed by atoms with Crippen molar-refractivity contribution in [2.45, 2.75) is 10.8 Å². The molecule has 1 N–H and O–H groups in total. The number of hydrogen-bond donors (Lipinski definition) is 1. The van der Waals surface area contributed by atoms with Gasteiger partial charge in [-0.15, -0.1) is 0 Å². The van der Waals surface area contributed by atoms with E-state index in [1.807, 2.05) is 6.26 Å². The third-order valence-corrected chi connectivity index (χ3v) is 4.65. The fourth-order valence-corrected chi connectivity index (χ4v) is 3.24. The predicted octanol–water partition coefficient (Wildman–Crippen LogP) is 3.58. The van der Waals surface area contributed by atoms with E-state index >= 15 is 0 Å². The monoisotopic (exact) mass is 378 g/mol. The average Bonchev–Trinajstić information content (AvgIpc) is 2.62. The van der Waals surface area contributed by atoms with E-state index in [0.717, 1.165) is 0 Å². The fourth-order valence-electron chi connectivity index (χ4n) is 2.37. The summed E-state index contributed by atoms with van der Waals surface area (Å²) in [4.78, 5) is 16.7. The van der Waals surface area contributed by atoms with Crippen LogP contribution in [0.2, 0.25) is 10.3 Å². The van der Waals surface area contributed by atoms with Crippen molar-refractivity contribution in [1.82, 2.24) is 19.9 Å². The largest absolute Gasteiger partial charge is 0.374 e. The topological polar surface area (TPSA) is 71.8 Å². The van der Waals surface area contributed by atoms with Gasteiger partial charge < -0.3 is 5.11 Å². The maximum absolute atomic E-state index is 11.7. The molecule has 5 nitrogen and oxygen atoms in total. The van der Waals surface area contributed by atoms with Crippen LogP contribution in [0.15, 0.2) is 54.1 Å². The van der Waals surface area contributed by atoms with Crippen LogP contribution in [0.25, 0.3) is 0 Å². The SMILES string of the molecule is CSc1nccc(C(O)(c2cccnc2Cl)c2cccnc2Cl)n1. The minimum absolute atomic E-state index is 0.157. The second-order valence-corrected chi connectivity index (χ2v) is 6.31. The molecule has 3 aromatic rings. The first kappa shape index (κ1) is 17.1. The van der Waals surface area contributed by atoms with Crippen molar-refractivity contribution in [2.75, 3.05) is 6.26 Å². The van der Waals surface area contributed by atoms with Gasteiger partial charge in [0.1, 0.15) is 10.3 Å². The van der Waals surface area contributed by atoms with Gasteiger partial charge in [-0.3, -0.25) is 0 Å². The standard InChI is InChI=1S/C16H12Cl2N4OS/c1-24-15-21-9-6-12(22-15)16(23,10-4-2-7-19-13(10)17)11-5-3-8-20-14(11)18/h2-9,23H,1H3. The van der Waals surface area contributed by atoms with E-state index in [1.54, 1.807) is 48.9 Å². The lowest BCUT2D eigenvalue weighted by atomic mass is 9.85. The summed E-state index contributed by atoms with van der Waals surface area (Å²) < 4.78 is 0. The number of hydrogen-bond acceptors (Lipinski definition) is 6. The number of pyridine rings is 2. The van der Waals surface area contributed by atoms with Gasteiger partial charge >= 0.3 is 0 Å². The maximum Gasteiger partial charge on any atom is 0.187 e. The van der Waals surface area contributed by atoms with Crippen LogP contribution in [0.5, 0.6) is 0 Å². The molecule has 3 aromatic heterocycles. The van der Waals surface area contributed by atoms with Crippen LogP contribution in [0.3, 0.4) is 0 Å². The lowest BCUT2D eigenvalue weighted by Gasteiger charge is -2.29. The number of thioether (sulfide) groups is 1. The van der Waals surface area contributed by atoms with Gasteiger partial charge in [-0.05, 0) is 24.5 Å². The maximum atomic E-state index is 11.7. The molecule has 0 saturated carbocycles. The molecule has 0 unspecified atom stereocenters. The van der Waals surface area contributed by atoms with Crippen LogP contribution in [0.1, 0.15) is 16.8 Å². The molecular formula is C16H12Cl2N4OS. The Morgan fingerprint density at radius 3 is 2.00 bits per heavy atom. The van der Waals surface area contributed by atoms with Crippen molar-refractivity contribution in [3.63, 3.8) is 0 Å². The molecule has 0 aliphatic heterocycles. The van der Waals surface area contributed by atoms with Gasteiger partial charge in [-0.1, -0.05) is 47.1 Å². The molecule has 0 fully saturated rings. The molecule has 0 saturated heterocycles. The average molecular weight is 379 g/mol. The summed E-state index contributed by atoms with van der Waals surface area (Å²) in [5, 5.41) is 12.5. The highest BCUT2D eigenvalue weighted by atomic mass is 35.5. The van der Waals surface area contributed by atoms with E-state index in [2.05, 4.69) is 19.9 Å². The summed E-state index contributed by atoms with van der Waals surface area (Å²) in [5.74, 6) is 0. The quantitative estimate of drug-likeness (QED) is 0.425. The van der Waals surface area contributed by atoms with Crippen molar-refractivity contribution in [1.29, 1.82) is 0 Å². The molecule has 24 heavy (non-hydrogen) atoms. The van der Waals surface area contributed by atoms with Gasteiger partial charge in [0.2, 0.25) is 0 Å². The van der Waals surface area contributed by atoms with Gasteiger partial charge in [-0.25, -0.2) is 19.9 Å². The Kier molecular flexibility index (Phi) is 5.01. The molecule has 0 spiro atoms. The van der Waals surface area contributed by atoms with Crippen molar-refractivity contribution < 1.29 is 5.11 Å². The zero-order valence-corrected chi connectivity index (χ0v) is 14.8. The summed E-state index contributed by atoms with van der Waals surface area (Å²) >= 11 is 13.9. The van der Waals surface area contributed by atoms with E-state index < -0.39 is 5.60 Å². The highest BCUT2D eigenvalue weighted by Crippen LogP contribution is 2.40. The molecule has 0 atom stereocenters. The lowest BCUT2D eigenvalue weighted by molar-refractivity contribution is 0.119. The highest BCUT2D eigenvalue weighted by Gasteiger charge is 2.40. The van der Waals surface area contributed by atoms with Crippen LogP contribution in [-0.4, -0.2) is 31.3 Å². The fraction of sp³-hybridized carbons (Fsp3) is 0.125. The van der Waals surface area contributed by atoms with Crippen LogP contribution >= 0.6 is 35.0 Å². The molecule has 0 bridgehead atoms. The Bertz CT molecular complexity index is 832. The third kappa shape index (κ3) is 2.98. The lowest BCUT2D eigenvalue weighted by Crippen LogP contribution is -2.31. The minimum atomic E-state index is -1.70. The number of rotatable bonds is 4. The van der Waals surface area contributed by atoms with E-state index in [-0.39, 0.29) is 10.3 Å². The minimum Gasteiger partial charge on any atom is -0.374 e. The molecule has 0 aromatic carbocycles. The Morgan fingerprint density at radius 2 is 1.50 bits per heavy atom. The van der Waals surface area contributed by atoms with Crippen molar-refractivity contribution in [2.24, 2.45) is 0 Å². The molecule has 3 rings (SSSR count). The van der Waals surface area contributed by atoms with Gasteiger partial charge in [0, 0.05) is 29.7 Å². The Labute approximate surface area is 153 Å². The highest BCUT2D eigenvalue weighted by molar-refractivity contribution is 7.98. The van der Waals surface area contributed by atoms with E-state index in [1.165, 1.54) is 11.8 Å². The zero-order chi connectivity index (χ0) is 17.2.